The van der Waals surface area contributed by atoms with Crippen LogP contribution in [0.5, 0.6) is 0 Å². The molecule has 5 heteroatoms. The second-order valence-corrected chi connectivity index (χ2v) is 5.78. The molecule has 0 radical (unpaired) electrons. The number of carboxylic acid groups (broad SMARTS) is 1. The van der Waals surface area contributed by atoms with Crippen molar-refractivity contribution in [2.75, 3.05) is 53.1 Å². The fourth-order valence-electron chi connectivity index (χ4n) is 2.56. The molecule has 1 aliphatic rings. The zero-order valence-electron chi connectivity index (χ0n) is 14.1. The Bertz CT molecular complexity index is 247. The van der Waals surface area contributed by atoms with Gasteiger partial charge in [-0.1, -0.05) is 6.92 Å². The van der Waals surface area contributed by atoms with E-state index in [0.717, 1.165) is 0 Å². The summed E-state index contributed by atoms with van der Waals surface area (Å²) in [7, 11) is 2.41. The Morgan fingerprint density at radius 2 is 1.67 bits per heavy atom. The summed E-state index contributed by atoms with van der Waals surface area (Å²) in [6.45, 7) is 10.2. The van der Waals surface area contributed by atoms with Gasteiger partial charge in [-0.2, -0.15) is 0 Å². The number of hydrogen-bond donors (Lipinski definition) is 0. The highest BCUT2D eigenvalue weighted by Gasteiger charge is 2.22. The Balaban J connectivity index is 0.000000382. The maximum absolute atomic E-state index is 9.87. The van der Waals surface area contributed by atoms with Gasteiger partial charge in [-0.15, -0.1) is 0 Å². The first-order valence-electron chi connectivity index (χ1n) is 8.23. The topological polar surface area (TPSA) is 58.6 Å². The van der Waals surface area contributed by atoms with Crippen molar-refractivity contribution in [2.24, 2.45) is 0 Å². The van der Waals surface area contributed by atoms with Gasteiger partial charge in [-0.05, 0) is 32.6 Å². The summed E-state index contributed by atoms with van der Waals surface area (Å²) < 4.78 is 11.2. The van der Waals surface area contributed by atoms with E-state index in [2.05, 4.69) is 14.0 Å². The van der Waals surface area contributed by atoms with Gasteiger partial charge in [0.15, 0.2) is 0 Å². The Morgan fingerprint density at radius 1 is 1.05 bits per heavy atom. The van der Waals surface area contributed by atoms with Gasteiger partial charge in [0.25, 0.3) is 0 Å². The number of carbonyl (C=O) groups excluding carboxylic acids is 1. The van der Waals surface area contributed by atoms with E-state index in [1.54, 1.807) is 0 Å². The second kappa shape index (κ2) is 13.0. The summed E-state index contributed by atoms with van der Waals surface area (Å²) in [6.07, 6.45) is 5.67. The third kappa shape index (κ3) is 12.8. The lowest BCUT2D eigenvalue weighted by Gasteiger charge is -2.37. The summed E-state index contributed by atoms with van der Waals surface area (Å²) in [5.41, 5.74) is 0. The van der Waals surface area contributed by atoms with Gasteiger partial charge < -0.3 is 23.9 Å². The zero-order valence-corrected chi connectivity index (χ0v) is 14.1. The van der Waals surface area contributed by atoms with Crippen LogP contribution in [0.2, 0.25) is 0 Å². The standard InChI is InChI=1S/C9H20N.C7H14O4/c1-3-7-10(2)8-5-4-6-9-10;1-2-10-5-6-11-4-3-7(8)9/h3-9H2,1-2H3;2-6H2,1H3,(H,8,9)/q+1;/p-1. The van der Waals surface area contributed by atoms with E-state index in [-0.39, 0.29) is 13.0 Å². The van der Waals surface area contributed by atoms with E-state index in [1.165, 1.54) is 49.8 Å². The van der Waals surface area contributed by atoms with Crippen molar-refractivity contribution in [3.63, 3.8) is 0 Å². The first kappa shape index (κ1) is 20.3. The predicted octanol–water partition coefficient (Wildman–Crippen LogP) is 1.21. The molecule has 126 valence electrons. The van der Waals surface area contributed by atoms with Gasteiger partial charge in [0.05, 0.1) is 46.5 Å². The smallest absolute Gasteiger partial charge is 0.0784 e. The molecule has 0 saturated carbocycles. The van der Waals surface area contributed by atoms with Crippen LogP contribution >= 0.6 is 0 Å². The van der Waals surface area contributed by atoms with Crippen LogP contribution in [-0.2, 0) is 14.3 Å². The highest BCUT2D eigenvalue weighted by atomic mass is 16.5. The normalized spacial score (nSPS) is 16.9. The van der Waals surface area contributed by atoms with Gasteiger partial charge >= 0.3 is 0 Å². The monoisotopic (exact) mass is 303 g/mol. The summed E-state index contributed by atoms with van der Waals surface area (Å²) in [4.78, 5) is 9.87. The molecule has 0 aromatic heterocycles. The lowest BCUT2D eigenvalue weighted by atomic mass is 10.1. The molecule has 0 unspecified atom stereocenters. The molecule has 1 fully saturated rings. The fraction of sp³-hybridized carbons (Fsp3) is 0.938. The molecule has 0 aliphatic carbocycles. The second-order valence-electron chi connectivity index (χ2n) is 5.78. The van der Waals surface area contributed by atoms with Crippen molar-refractivity contribution in [1.82, 2.24) is 0 Å². The fourth-order valence-corrected chi connectivity index (χ4v) is 2.56. The minimum absolute atomic E-state index is 0.0495. The molecule has 0 bridgehead atoms. The van der Waals surface area contributed by atoms with Crippen LogP contribution in [0.15, 0.2) is 0 Å². The van der Waals surface area contributed by atoms with Crippen molar-refractivity contribution in [1.29, 1.82) is 0 Å². The molecule has 1 heterocycles. The number of hydrogen-bond acceptors (Lipinski definition) is 4. The number of ether oxygens (including phenoxy) is 2. The van der Waals surface area contributed by atoms with E-state index in [1.807, 2.05) is 6.92 Å². The van der Waals surface area contributed by atoms with Crippen molar-refractivity contribution in [3.05, 3.63) is 0 Å². The molecule has 5 nitrogen and oxygen atoms in total. The molecule has 0 atom stereocenters. The highest BCUT2D eigenvalue weighted by molar-refractivity contribution is 5.64. The number of carbonyl (C=O) groups is 1. The zero-order chi connectivity index (χ0) is 16.0. The summed E-state index contributed by atoms with van der Waals surface area (Å²) in [6, 6.07) is 0. The summed E-state index contributed by atoms with van der Waals surface area (Å²) in [5, 5.41) is 9.87. The van der Waals surface area contributed by atoms with E-state index >= 15 is 0 Å². The van der Waals surface area contributed by atoms with Crippen molar-refractivity contribution in [3.8, 4) is 0 Å². The third-order valence-electron chi connectivity index (χ3n) is 3.69. The molecule has 1 aliphatic heterocycles. The molecule has 21 heavy (non-hydrogen) atoms. The molecular weight excluding hydrogens is 270 g/mol. The van der Waals surface area contributed by atoms with Crippen LogP contribution in [0.4, 0.5) is 0 Å². The van der Waals surface area contributed by atoms with Gasteiger partial charge in [0.2, 0.25) is 0 Å². The third-order valence-corrected chi connectivity index (χ3v) is 3.69. The summed E-state index contributed by atoms with van der Waals surface area (Å²) in [5.74, 6) is -1.08. The lowest BCUT2D eigenvalue weighted by molar-refractivity contribution is -0.914. The largest absolute Gasteiger partial charge is 0.550 e. The maximum atomic E-state index is 9.87. The molecule has 1 saturated heterocycles. The maximum Gasteiger partial charge on any atom is 0.0784 e. The molecule has 0 amide bonds. The quantitative estimate of drug-likeness (QED) is 0.474. The molecule has 0 aromatic carbocycles. The van der Waals surface area contributed by atoms with Crippen molar-refractivity contribution in [2.45, 2.75) is 46.0 Å². The Morgan fingerprint density at radius 3 is 2.19 bits per heavy atom. The molecule has 0 spiro atoms. The predicted molar refractivity (Wildman–Crippen MR) is 81.9 cm³/mol. The lowest BCUT2D eigenvalue weighted by Crippen LogP contribution is -2.48. The number of rotatable bonds is 9. The minimum Gasteiger partial charge on any atom is -0.550 e. The van der Waals surface area contributed by atoms with Crippen LogP contribution < -0.4 is 5.11 Å². The summed E-state index contributed by atoms with van der Waals surface area (Å²) >= 11 is 0. The van der Waals surface area contributed by atoms with E-state index in [0.29, 0.717) is 19.8 Å². The van der Waals surface area contributed by atoms with Crippen molar-refractivity contribution < 1.29 is 23.9 Å². The molecule has 0 N–H and O–H groups in total. The Hall–Kier alpha value is -0.650. The first-order chi connectivity index (χ1) is 10.0. The van der Waals surface area contributed by atoms with Crippen LogP contribution in [-0.4, -0.2) is 63.6 Å². The number of nitrogens with zero attached hydrogens (tertiary/aromatic N) is 1. The minimum atomic E-state index is -1.08. The highest BCUT2D eigenvalue weighted by Crippen LogP contribution is 2.15. The number of carboxylic acids is 1. The van der Waals surface area contributed by atoms with Crippen LogP contribution in [0.1, 0.15) is 46.0 Å². The number of quaternary nitrogens is 1. The van der Waals surface area contributed by atoms with Crippen LogP contribution in [0.3, 0.4) is 0 Å². The molecule has 1 rings (SSSR count). The van der Waals surface area contributed by atoms with E-state index in [4.69, 9.17) is 9.47 Å². The molecule has 0 aromatic rings. The van der Waals surface area contributed by atoms with Crippen molar-refractivity contribution >= 4 is 5.97 Å². The van der Waals surface area contributed by atoms with E-state index < -0.39 is 5.97 Å². The van der Waals surface area contributed by atoms with Gasteiger partial charge in [0.1, 0.15) is 0 Å². The van der Waals surface area contributed by atoms with Gasteiger partial charge in [0, 0.05) is 19.0 Å². The average molecular weight is 303 g/mol. The van der Waals surface area contributed by atoms with Crippen LogP contribution in [0.25, 0.3) is 0 Å². The number of aliphatic carboxylic acids is 1. The van der Waals surface area contributed by atoms with Gasteiger partial charge in [-0.25, -0.2) is 0 Å². The van der Waals surface area contributed by atoms with Gasteiger partial charge in [-0.3, -0.25) is 0 Å². The number of piperidine rings is 1. The first-order valence-corrected chi connectivity index (χ1v) is 8.23. The van der Waals surface area contributed by atoms with E-state index in [9.17, 15) is 9.90 Å². The SMILES string of the molecule is CCC[N+]1(C)CCCCC1.CCOCCOCCC(=O)[O-]. The molecular formula is C16H33NO4. The number of likely N-dealkylation sites (tertiary alicyclic amines) is 1. The average Bonchev–Trinajstić information content (AvgIpc) is 2.44. The Labute approximate surface area is 129 Å². The Kier molecular flexibility index (Phi) is 12.6. The van der Waals surface area contributed by atoms with Crippen LogP contribution in [0, 0.1) is 0 Å².